The number of rotatable bonds is 4. The normalized spacial score (nSPS) is 14.8. The summed E-state index contributed by atoms with van der Waals surface area (Å²) in [7, 11) is 5.56. The van der Waals surface area contributed by atoms with E-state index in [2.05, 4.69) is 0 Å². The largest absolute Gasteiger partial charge is 0.507 e. The van der Waals surface area contributed by atoms with Gasteiger partial charge in [-0.05, 0) is 42.3 Å². The summed E-state index contributed by atoms with van der Waals surface area (Å²) < 4.78 is 11.1. The van der Waals surface area contributed by atoms with E-state index in [1.54, 1.807) is 26.2 Å². The number of allylic oxidation sites excluding steroid dienone is 1. The topological polar surface area (TPSA) is 60.2 Å². The van der Waals surface area contributed by atoms with E-state index in [0.29, 0.717) is 34.7 Å². The van der Waals surface area contributed by atoms with Crippen molar-refractivity contribution >= 4 is 11.9 Å². The molecule has 0 atom stereocenters. The fourth-order valence-electron chi connectivity index (χ4n) is 2.99. The molecule has 2 aromatic rings. The first-order valence-electron chi connectivity index (χ1n) is 8.13. The van der Waals surface area contributed by atoms with Crippen molar-refractivity contribution in [1.82, 2.24) is 0 Å². The molecule has 0 bridgehead atoms. The number of hydrogen-bond acceptors (Lipinski definition) is 4. The second kappa shape index (κ2) is 6.61. The zero-order valence-electron chi connectivity index (χ0n) is 14.8. The number of quaternary nitrogens is 1. The summed E-state index contributed by atoms with van der Waals surface area (Å²) in [6.45, 7) is 2.37. The maximum Gasteiger partial charge on any atom is 0.232 e. The Morgan fingerprint density at radius 3 is 2.72 bits per heavy atom. The van der Waals surface area contributed by atoms with Crippen LogP contribution in [0.3, 0.4) is 0 Å². The number of hydrogen-bond donors (Lipinski definition) is 2. The number of methoxy groups -OCH3 is 1. The van der Waals surface area contributed by atoms with E-state index in [1.165, 1.54) is 0 Å². The number of aromatic hydroxyl groups is 1. The van der Waals surface area contributed by atoms with Gasteiger partial charge in [-0.25, -0.2) is 0 Å². The van der Waals surface area contributed by atoms with Crippen LogP contribution in [0.2, 0.25) is 0 Å². The minimum absolute atomic E-state index is 0.160. The minimum atomic E-state index is -0.162. The average Bonchev–Trinajstić information content (AvgIpc) is 2.88. The van der Waals surface area contributed by atoms with Gasteiger partial charge < -0.3 is 19.5 Å². The summed E-state index contributed by atoms with van der Waals surface area (Å²) in [5, 5.41) is 10.3. The lowest BCUT2D eigenvalue weighted by Gasteiger charge is -2.13. The summed E-state index contributed by atoms with van der Waals surface area (Å²) >= 11 is 0. The molecule has 0 radical (unpaired) electrons. The number of phenolic OH excluding ortho intramolecular Hbond substituents is 1. The first-order valence-corrected chi connectivity index (χ1v) is 8.13. The van der Waals surface area contributed by atoms with Gasteiger partial charge in [0.15, 0.2) is 11.5 Å². The van der Waals surface area contributed by atoms with E-state index in [0.717, 1.165) is 10.5 Å². The van der Waals surface area contributed by atoms with Crippen LogP contribution in [-0.2, 0) is 6.54 Å². The van der Waals surface area contributed by atoms with Gasteiger partial charge in [0.1, 0.15) is 18.0 Å². The number of aryl methyl sites for hydroxylation is 1. The lowest BCUT2D eigenvalue weighted by atomic mass is 9.99. The lowest BCUT2D eigenvalue weighted by molar-refractivity contribution is -0.872. The van der Waals surface area contributed by atoms with Gasteiger partial charge in [0.25, 0.3) is 0 Å². The van der Waals surface area contributed by atoms with Crippen molar-refractivity contribution in [2.45, 2.75) is 13.5 Å². The minimum Gasteiger partial charge on any atom is -0.507 e. The molecule has 0 amide bonds. The molecule has 1 aliphatic heterocycles. The summed E-state index contributed by atoms with van der Waals surface area (Å²) in [5.41, 5.74) is 2.72. The van der Waals surface area contributed by atoms with Crippen molar-refractivity contribution in [2.75, 3.05) is 21.2 Å². The molecule has 2 N–H and O–H groups in total. The Hall–Kier alpha value is -2.79. The number of carbonyl (C=O) groups is 1. The SMILES string of the molecule is COc1cccc(/C=C2\Oc3c(C[NH+](C)C)c(O)cc(C)c3C2=O)c1. The third-order valence-electron chi connectivity index (χ3n) is 4.14. The Morgan fingerprint density at radius 1 is 1.28 bits per heavy atom. The zero-order valence-corrected chi connectivity index (χ0v) is 14.8. The molecule has 130 valence electrons. The quantitative estimate of drug-likeness (QED) is 0.836. The smallest absolute Gasteiger partial charge is 0.232 e. The molecule has 2 aromatic carbocycles. The number of carbonyl (C=O) groups excluding carboxylic acids is 1. The van der Waals surface area contributed by atoms with E-state index in [1.807, 2.05) is 38.4 Å². The van der Waals surface area contributed by atoms with E-state index >= 15 is 0 Å². The van der Waals surface area contributed by atoms with Crippen LogP contribution in [0.15, 0.2) is 36.1 Å². The van der Waals surface area contributed by atoms with Crippen LogP contribution < -0.4 is 14.4 Å². The lowest BCUT2D eigenvalue weighted by Crippen LogP contribution is -3.04. The van der Waals surface area contributed by atoms with Crippen LogP contribution in [0.1, 0.15) is 27.0 Å². The molecular weight excluding hydrogens is 318 g/mol. The van der Waals surface area contributed by atoms with Crippen molar-refractivity contribution in [2.24, 2.45) is 0 Å². The third kappa shape index (κ3) is 3.23. The Labute approximate surface area is 147 Å². The van der Waals surface area contributed by atoms with Gasteiger partial charge in [-0.2, -0.15) is 0 Å². The van der Waals surface area contributed by atoms with Crippen LogP contribution in [-0.4, -0.2) is 32.1 Å². The summed E-state index contributed by atoms with van der Waals surface area (Å²) in [4.78, 5) is 13.9. The Morgan fingerprint density at radius 2 is 2.04 bits per heavy atom. The highest BCUT2D eigenvalue weighted by atomic mass is 16.5. The molecule has 0 aliphatic carbocycles. The molecule has 5 nitrogen and oxygen atoms in total. The van der Waals surface area contributed by atoms with Gasteiger partial charge in [0, 0.05) is 0 Å². The standard InChI is InChI=1S/C20H21NO4/c1-12-8-16(22)15(11-21(2)3)20-18(12)19(23)17(25-20)10-13-6-5-7-14(9-13)24-4/h5-10,22H,11H2,1-4H3/p+1/b17-10-. The fourth-order valence-corrected chi connectivity index (χ4v) is 2.99. The maximum absolute atomic E-state index is 12.8. The molecule has 0 saturated heterocycles. The second-order valence-corrected chi connectivity index (χ2v) is 6.50. The number of ether oxygens (including phenoxy) is 2. The van der Waals surface area contributed by atoms with Crippen molar-refractivity contribution in [3.8, 4) is 17.2 Å². The van der Waals surface area contributed by atoms with Gasteiger partial charge in [0.05, 0.1) is 32.3 Å². The van der Waals surface area contributed by atoms with Gasteiger partial charge in [-0.1, -0.05) is 12.1 Å². The molecular formula is C20H22NO4+. The van der Waals surface area contributed by atoms with Gasteiger partial charge >= 0.3 is 0 Å². The molecule has 25 heavy (non-hydrogen) atoms. The summed E-state index contributed by atoms with van der Waals surface area (Å²) in [6.07, 6.45) is 1.70. The highest BCUT2D eigenvalue weighted by molar-refractivity contribution is 6.15. The zero-order chi connectivity index (χ0) is 18.1. The molecule has 0 saturated carbocycles. The summed E-state index contributed by atoms with van der Waals surface area (Å²) in [5.74, 6) is 1.44. The number of Topliss-reactive ketones (excluding diaryl/α,β-unsaturated/α-hetero) is 1. The van der Waals surface area contributed by atoms with E-state index < -0.39 is 0 Å². The van der Waals surface area contributed by atoms with Crippen LogP contribution in [0.25, 0.3) is 6.08 Å². The molecule has 0 fully saturated rings. The summed E-state index contributed by atoms with van der Waals surface area (Å²) in [6, 6.07) is 9.04. The van der Waals surface area contributed by atoms with Crippen molar-refractivity contribution in [3.63, 3.8) is 0 Å². The van der Waals surface area contributed by atoms with E-state index in [-0.39, 0.29) is 17.3 Å². The molecule has 1 aliphatic rings. The van der Waals surface area contributed by atoms with Crippen LogP contribution in [0, 0.1) is 6.92 Å². The van der Waals surface area contributed by atoms with Crippen molar-refractivity contribution < 1.29 is 24.3 Å². The highest BCUT2D eigenvalue weighted by Crippen LogP contribution is 2.41. The number of phenols is 1. The Balaban J connectivity index is 2.05. The third-order valence-corrected chi connectivity index (χ3v) is 4.14. The molecule has 3 rings (SSSR count). The number of ketones is 1. The number of fused-ring (bicyclic) bond motifs is 1. The molecule has 0 spiro atoms. The van der Waals surface area contributed by atoms with Gasteiger partial charge in [0.2, 0.25) is 5.78 Å². The average molecular weight is 340 g/mol. The molecule has 1 heterocycles. The number of nitrogens with one attached hydrogen (secondary N) is 1. The molecule has 0 aromatic heterocycles. The van der Waals surface area contributed by atoms with Gasteiger partial charge in [-0.15, -0.1) is 0 Å². The molecule has 0 unspecified atom stereocenters. The van der Waals surface area contributed by atoms with E-state index in [9.17, 15) is 9.90 Å². The Bertz CT molecular complexity index is 868. The first-order chi connectivity index (χ1) is 11.9. The van der Waals surface area contributed by atoms with Gasteiger partial charge in [-0.3, -0.25) is 4.79 Å². The molecule has 5 heteroatoms. The highest BCUT2D eigenvalue weighted by Gasteiger charge is 2.33. The van der Waals surface area contributed by atoms with E-state index in [4.69, 9.17) is 9.47 Å². The number of benzene rings is 2. The predicted molar refractivity (Wildman–Crippen MR) is 95.3 cm³/mol. The van der Waals surface area contributed by atoms with Crippen LogP contribution >= 0.6 is 0 Å². The Kier molecular flexibility index (Phi) is 4.51. The monoisotopic (exact) mass is 340 g/mol. The predicted octanol–water partition coefficient (Wildman–Crippen LogP) is 1.97. The first kappa shape index (κ1) is 17.0. The van der Waals surface area contributed by atoms with Crippen LogP contribution in [0.4, 0.5) is 0 Å². The van der Waals surface area contributed by atoms with Crippen molar-refractivity contribution in [3.05, 3.63) is 58.3 Å². The van der Waals surface area contributed by atoms with Crippen LogP contribution in [0.5, 0.6) is 17.2 Å². The second-order valence-electron chi connectivity index (χ2n) is 6.50. The van der Waals surface area contributed by atoms with Crippen molar-refractivity contribution in [1.29, 1.82) is 0 Å². The maximum atomic E-state index is 12.8. The fraction of sp³-hybridized carbons (Fsp3) is 0.250.